The highest BCUT2D eigenvalue weighted by atomic mass is 16.5. The van der Waals surface area contributed by atoms with Gasteiger partial charge in [-0.15, -0.1) is 0 Å². The van der Waals surface area contributed by atoms with E-state index in [1.807, 2.05) is 0 Å². The Balaban J connectivity index is 1.77. The van der Waals surface area contributed by atoms with Crippen LogP contribution < -0.4 is 5.32 Å². The minimum absolute atomic E-state index is 0.00444. The quantitative estimate of drug-likeness (QED) is 0.746. The number of hydrogen-bond acceptors (Lipinski definition) is 3. The molecule has 2 saturated carbocycles. The molecule has 96 valence electrons. The fourth-order valence-corrected chi connectivity index (χ4v) is 2.94. The Morgan fingerprint density at radius 3 is 2.65 bits per heavy atom. The molecule has 0 radical (unpaired) electrons. The van der Waals surface area contributed by atoms with Crippen molar-refractivity contribution in [2.24, 2.45) is 11.3 Å². The highest BCUT2D eigenvalue weighted by Crippen LogP contribution is 2.62. The summed E-state index contributed by atoms with van der Waals surface area (Å²) in [5, 5.41) is 11.5. The summed E-state index contributed by atoms with van der Waals surface area (Å²) in [4.78, 5) is 22.6. The molecule has 17 heavy (non-hydrogen) atoms. The molecule has 1 spiro atoms. The smallest absolute Gasteiger partial charge is 0.334 e. The van der Waals surface area contributed by atoms with Crippen LogP contribution in [0.25, 0.3) is 0 Å². The molecular formula is C12H19NO4. The fraction of sp³-hybridized carbons (Fsp3) is 0.833. The molecule has 5 heteroatoms. The topological polar surface area (TPSA) is 75.6 Å². The van der Waals surface area contributed by atoms with Crippen LogP contribution in [0.3, 0.4) is 0 Å². The molecule has 2 aliphatic rings. The lowest BCUT2D eigenvalue weighted by Crippen LogP contribution is -2.39. The lowest BCUT2D eigenvalue weighted by atomic mass is 10.0. The highest BCUT2D eigenvalue weighted by Gasteiger charge is 2.58. The Bertz CT molecular complexity index is 322. The van der Waals surface area contributed by atoms with Gasteiger partial charge in [0.05, 0.1) is 6.54 Å². The lowest BCUT2D eigenvalue weighted by molar-refractivity contribution is -0.148. The molecule has 2 fully saturated rings. The van der Waals surface area contributed by atoms with E-state index in [-0.39, 0.29) is 23.8 Å². The van der Waals surface area contributed by atoms with E-state index < -0.39 is 12.1 Å². The molecule has 0 heterocycles. The largest absolute Gasteiger partial charge is 0.479 e. The Hall–Kier alpha value is -1.10. The molecule has 2 rings (SSSR count). The van der Waals surface area contributed by atoms with E-state index in [0.29, 0.717) is 0 Å². The second-order valence-electron chi connectivity index (χ2n) is 5.13. The molecule has 0 aromatic carbocycles. The van der Waals surface area contributed by atoms with Gasteiger partial charge in [-0.25, -0.2) is 4.79 Å². The normalized spacial score (nSPS) is 26.8. The van der Waals surface area contributed by atoms with E-state index in [1.54, 1.807) is 0 Å². The standard InChI is InChI=1S/C12H19NO4/c1-17-9(11(15)16)7-13-10(14)8-6-12(8)4-2-3-5-12/h8-9H,2-7H2,1H3,(H,13,14)(H,15,16). The molecule has 0 bridgehead atoms. The average molecular weight is 241 g/mol. The molecule has 0 aromatic heterocycles. The average Bonchev–Trinajstić information content (AvgIpc) is 2.77. The number of carboxylic acids is 1. The minimum Gasteiger partial charge on any atom is -0.479 e. The number of hydrogen-bond donors (Lipinski definition) is 2. The van der Waals surface area contributed by atoms with Crippen molar-refractivity contribution in [3.05, 3.63) is 0 Å². The Labute approximate surface area is 101 Å². The monoisotopic (exact) mass is 241 g/mol. The molecule has 2 unspecified atom stereocenters. The third-order valence-electron chi connectivity index (χ3n) is 4.13. The minimum atomic E-state index is -1.04. The third kappa shape index (κ3) is 2.44. The van der Waals surface area contributed by atoms with Gasteiger partial charge >= 0.3 is 5.97 Å². The van der Waals surface area contributed by atoms with Gasteiger partial charge in [-0.05, 0) is 24.7 Å². The highest BCUT2D eigenvalue weighted by molar-refractivity contribution is 5.83. The van der Waals surface area contributed by atoms with Gasteiger partial charge in [0.25, 0.3) is 0 Å². The summed E-state index contributed by atoms with van der Waals surface area (Å²) in [5.74, 6) is -0.939. The zero-order valence-electron chi connectivity index (χ0n) is 10.1. The number of aliphatic carboxylic acids is 1. The maximum Gasteiger partial charge on any atom is 0.334 e. The summed E-state index contributed by atoms with van der Waals surface area (Å²) in [5.41, 5.74) is 0.260. The first-order chi connectivity index (χ1) is 8.09. The maximum absolute atomic E-state index is 11.8. The van der Waals surface area contributed by atoms with Gasteiger partial charge in [0, 0.05) is 13.0 Å². The van der Waals surface area contributed by atoms with Crippen LogP contribution in [0, 0.1) is 11.3 Å². The first-order valence-electron chi connectivity index (χ1n) is 6.12. The van der Waals surface area contributed by atoms with Gasteiger partial charge < -0.3 is 15.2 Å². The summed E-state index contributed by atoms with van der Waals surface area (Å²) in [6.07, 6.45) is 4.77. The van der Waals surface area contributed by atoms with Crippen molar-refractivity contribution < 1.29 is 19.4 Å². The Morgan fingerprint density at radius 1 is 1.47 bits per heavy atom. The van der Waals surface area contributed by atoms with Crippen molar-refractivity contribution in [1.82, 2.24) is 5.32 Å². The molecule has 2 atom stereocenters. The number of methoxy groups -OCH3 is 1. The number of nitrogens with one attached hydrogen (secondary N) is 1. The number of amides is 1. The molecule has 2 N–H and O–H groups in total. The lowest BCUT2D eigenvalue weighted by Gasteiger charge is -2.12. The molecule has 1 amide bonds. The Morgan fingerprint density at radius 2 is 2.12 bits per heavy atom. The molecule has 0 saturated heterocycles. The number of carbonyl (C=O) groups is 2. The van der Waals surface area contributed by atoms with E-state index in [1.165, 1.54) is 20.0 Å². The van der Waals surface area contributed by atoms with Crippen LogP contribution in [-0.2, 0) is 14.3 Å². The van der Waals surface area contributed by atoms with Gasteiger partial charge in [-0.1, -0.05) is 12.8 Å². The third-order valence-corrected chi connectivity index (χ3v) is 4.13. The zero-order valence-corrected chi connectivity index (χ0v) is 10.1. The maximum atomic E-state index is 11.8. The van der Waals surface area contributed by atoms with E-state index in [2.05, 4.69) is 5.32 Å². The predicted molar refractivity (Wildman–Crippen MR) is 60.5 cm³/mol. The van der Waals surface area contributed by atoms with Crippen LogP contribution in [-0.4, -0.2) is 36.7 Å². The van der Waals surface area contributed by atoms with Crippen molar-refractivity contribution in [3.8, 4) is 0 Å². The van der Waals surface area contributed by atoms with Crippen LogP contribution >= 0.6 is 0 Å². The molecule has 2 aliphatic carbocycles. The van der Waals surface area contributed by atoms with E-state index in [4.69, 9.17) is 9.84 Å². The van der Waals surface area contributed by atoms with Crippen LogP contribution in [0.15, 0.2) is 0 Å². The summed E-state index contributed by atoms with van der Waals surface area (Å²) in [6.45, 7) is 0.0528. The van der Waals surface area contributed by atoms with E-state index >= 15 is 0 Å². The van der Waals surface area contributed by atoms with Crippen molar-refractivity contribution >= 4 is 11.9 Å². The van der Waals surface area contributed by atoms with Crippen LogP contribution in [0.4, 0.5) is 0 Å². The summed E-state index contributed by atoms with van der Waals surface area (Å²) in [7, 11) is 1.33. The summed E-state index contributed by atoms with van der Waals surface area (Å²) >= 11 is 0. The second-order valence-corrected chi connectivity index (χ2v) is 5.13. The van der Waals surface area contributed by atoms with Crippen LogP contribution in [0.1, 0.15) is 32.1 Å². The van der Waals surface area contributed by atoms with E-state index in [9.17, 15) is 9.59 Å². The van der Waals surface area contributed by atoms with Gasteiger partial charge in [-0.3, -0.25) is 4.79 Å². The number of ether oxygens (including phenoxy) is 1. The van der Waals surface area contributed by atoms with Gasteiger partial charge in [0.2, 0.25) is 5.91 Å². The number of carboxylic acid groups (broad SMARTS) is 1. The first kappa shape index (κ1) is 12.4. The number of rotatable bonds is 5. The zero-order chi connectivity index (χ0) is 12.5. The van der Waals surface area contributed by atoms with E-state index in [0.717, 1.165) is 19.3 Å². The summed E-state index contributed by atoms with van der Waals surface area (Å²) in [6, 6.07) is 0. The van der Waals surface area contributed by atoms with Gasteiger partial charge in [-0.2, -0.15) is 0 Å². The Kier molecular flexibility index (Phi) is 3.38. The fourth-order valence-electron chi connectivity index (χ4n) is 2.94. The molecular weight excluding hydrogens is 222 g/mol. The van der Waals surface area contributed by atoms with Gasteiger partial charge in [0.1, 0.15) is 0 Å². The number of carbonyl (C=O) groups excluding carboxylic acids is 1. The SMILES string of the molecule is COC(CNC(=O)C1CC12CCCC2)C(=O)O. The molecule has 5 nitrogen and oxygen atoms in total. The summed E-state index contributed by atoms with van der Waals surface area (Å²) < 4.78 is 4.77. The molecule has 0 aliphatic heterocycles. The molecule has 0 aromatic rings. The van der Waals surface area contributed by atoms with Crippen molar-refractivity contribution in [1.29, 1.82) is 0 Å². The van der Waals surface area contributed by atoms with Gasteiger partial charge in [0.15, 0.2) is 6.10 Å². The second kappa shape index (κ2) is 4.64. The van der Waals surface area contributed by atoms with Crippen molar-refractivity contribution in [3.63, 3.8) is 0 Å². The van der Waals surface area contributed by atoms with Crippen LogP contribution in [0.5, 0.6) is 0 Å². The van der Waals surface area contributed by atoms with Crippen molar-refractivity contribution in [2.45, 2.75) is 38.2 Å². The predicted octanol–water partition coefficient (Wildman–Crippen LogP) is 0.782. The first-order valence-corrected chi connectivity index (χ1v) is 6.12. The van der Waals surface area contributed by atoms with Crippen LogP contribution in [0.2, 0.25) is 0 Å². The van der Waals surface area contributed by atoms with Crippen molar-refractivity contribution in [2.75, 3.05) is 13.7 Å².